The number of hydrogen-bond acceptors (Lipinski definition) is 11. The summed E-state index contributed by atoms with van der Waals surface area (Å²) >= 11 is 2.72. The fourth-order valence-corrected chi connectivity index (χ4v) is 8.33. The van der Waals surface area contributed by atoms with Crippen molar-refractivity contribution in [1.82, 2.24) is 4.98 Å². The molecule has 2 N–H and O–H groups in total. The molecule has 2 aromatic rings. The predicted molar refractivity (Wildman–Crippen MR) is 147 cm³/mol. The third kappa shape index (κ3) is 8.02. The van der Waals surface area contributed by atoms with Gasteiger partial charge in [0.2, 0.25) is 0 Å². The minimum absolute atomic E-state index is 0.206. The van der Waals surface area contributed by atoms with Gasteiger partial charge in [0.15, 0.2) is 6.04 Å². The van der Waals surface area contributed by atoms with Crippen LogP contribution in [0.3, 0.4) is 0 Å². The van der Waals surface area contributed by atoms with Gasteiger partial charge in [0, 0.05) is 22.3 Å². The van der Waals surface area contributed by atoms with E-state index in [0.717, 1.165) is 10.5 Å². The summed E-state index contributed by atoms with van der Waals surface area (Å²) in [5, 5.41) is 19.7. The van der Waals surface area contributed by atoms with Crippen LogP contribution in [0.15, 0.2) is 23.2 Å². The molecule has 3 rings (SSSR count). The van der Waals surface area contributed by atoms with Gasteiger partial charge < -0.3 is 19.7 Å². The van der Waals surface area contributed by atoms with Crippen molar-refractivity contribution in [3.8, 4) is 5.75 Å². The molecular formula is C23H28N2O7S4. The Hall–Kier alpha value is -1.96. The Bertz CT molecular complexity index is 1160. The Morgan fingerprint density at radius 1 is 1.19 bits per heavy atom. The molecule has 1 aliphatic rings. The van der Waals surface area contributed by atoms with Gasteiger partial charge in [-0.15, -0.1) is 23.1 Å². The normalized spacial score (nSPS) is 16.1. The lowest BCUT2D eigenvalue weighted by Crippen LogP contribution is -2.31. The van der Waals surface area contributed by atoms with Gasteiger partial charge in [-0.2, -0.15) is 0 Å². The summed E-state index contributed by atoms with van der Waals surface area (Å²) in [4.78, 5) is 43.3. The van der Waals surface area contributed by atoms with Crippen LogP contribution in [0.5, 0.6) is 5.75 Å². The van der Waals surface area contributed by atoms with Gasteiger partial charge in [-0.1, -0.05) is 21.6 Å². The third-order valence-corrected chi connectivity index (χ3v) is 10.6. The molecule has 13 heteroatoms. The SMILES string of the molecule is CC(C)(CC(C)(C)C(=O)O)SSCCCOC(=O)Oc1ccc2nc(C3=NC(C(=O)O)CS3)sc2c1. The first-order valence-electron chi connectivity index (χ1n) is 11.1. The first-order chi connectivity index (χ1) is 16.9. The Balaban J connectivity index is 1.41. The molecule has 0 saturated carbocycles. The summed E-state index contributed by atoms with van der Waals surface area (Å²) < 4.78 is 11.0. The number of carbonyl (C=O) groups excluding carboxylic acids is 1. The molecule has 196 valence electrons. The van der Waals surface area contributed by atoms with Crippen molar-refractivity contribution >= 4 is 78.0 Å². The number of nitrogens with zero attached hydrogens (tertiary/aromatic N) is 2. The van der Waals surface area contributed by atoms with Crippen LogP contribution < -0.4 is 4.74 Å². The second-order valence-electron chi connectivity index (χ2n) is 9.33. The van der Waals surface area contributed by atoms with Crippen molar-refractivity contribution in [3.05, 3.63) is 23.2 Å². The number of aliphatic carboxylic acids is 2. The van der Waals surface area contributed by atoms with Crippen molar-refractivity contribution in [2.45, 2.75) is 51.3 Å². The number of carbonyl (C=O) groups is 3. The van der Waals surface area contributed by atoms with E-state index in [0.29, 0.717) is 39.9 Å². The van der Waals surface area contributed by atoms with E-state index < -0.39 is 29.6 Å². The van der Waals surface area contributed by atoms with E-state index in [1.165, 1.54) is 23.1 Å². The van der Waals surface area contributed by atoms with E-state index >= 15 is 0 Å². The number of hydrogen-bond donors (Lipinski definition) is 2. The van der Waals surface area contributed by atoms with Crippen LogP contribution in [0, 0.1) is 5.41 Å². The van der Waals surface area contributed by atoms with E-state index in [1.807, 2.05) is 13.8 Å². The molecule has 0 radical (unpaired) electrons. The molecule has 0 fully saturated rings. The van der Waals surface area contributed by atoms with Crippen molar-refractivity contribution in [2.75, 3.05) is 18.1 Å². The van der Waals surface area contributed by atoms with Crippen LogP contribution in [-0.2, 0) is 14.3 Å². The zero-order valence-electron chi connectivity index (χ0n) is 20.3. The lowest BCUT2D eigenvalue weighted by Gasteiger charge is -2.31. The van der Waals surface area contributed by atoms with Gasteiger partial charge in [0.05, 0.1) is 22.2 Å². The third-order valence-electron chi connectivity index (χ3n) is 5.00. The topological polar surface area (TPSA) is 135 Å². The predicted octanol–water partition coefficient (Wildman–Crippen LogP) is 5.81. The maximum Gasteiger partial charge on any atom is 0.513 e. The van der Waals surface area contributed by atoms with Crippen molar-refractivity contribution in [1.29, 1.82) is 0 Å². The van der Waals surface area contributed by atoms with Crippen molar-refractivity contribution < 1.29 is 34.1 Å². The fraction of sp³-hybridized carbons (Fsp3) is 0.522. The van der Waals surface area contributed by atoms with Gasteiger partial charge >= 0.3 is 18.1 Å². The van der Waals surface area contributed by atoms with E-state index in [9.17, 15) is 19.5 Å². The molecule has 0 saturated heterocycles. The minimum Gasteiger partial charge on any atom is -0.481 e. The van der Waals surface area contributed by atoms with Gasteiger partial charge in [0.25, 0.3) is 0 Å². The van der Waals surface area contributed by atoms with Gasteiger partial charge in [-0.25, -0.2) is 14.6 Å². The smallest absolute Gasteiger partial charge is 0.481 e. The number of carboxylic acids is 2. The van der Waals surface area contributed by atoms with Gasteiger partial charge in [-0.05, 0) is 52.7 Å². The monoisotopic (exact) mass is 572 g/mol. The second kappa shape index (κ2) is 12.1. The number of ether oxygens (including phenoxy) is 2. The number of thioether (sulfide) groups is 1. The van der Waals surface area contributed by atoms with Gasteiger partial charge in [-0.3, -0.25) is 9.79 Å². The average molecular weight is 573 g/mol. The van der Waals surface area contributed by atoms with Crippen LogP contribution in [0.4, 0.5) is 4.79 Å². The van der Waals surface area contributed by atoms with E-state index in [-0.39, 0.29) is 11.4 Å². The Kier molecular flexibility index (Phi) is 9.58. The standard InChI is InChI=1S/C23H28N2O7S4/c1-22(2,20(28)29)12-23(3,4)36-34-9-5-8-31-21(30)32-13-6-7-14-16(10-13)35-18(24-14)17-25-15(11-33-17)19(26)27/h6-7,10,15H,5,8-9,11-12H2,1-4H3,(H,26,27)(H,28,29). The van der Waals surface area contributed by atoms with E-state index in [2.05, 4.69) is 9.98 Å². The van der Waals surface area contributed by atoms with Crippen LogP contribution in [0.1, 0.15) is 45.5 Å². The molecule has 0 amide bonds. The minimum atomic E-state index is -0.950. The molecule has 2 heterocycles. The summed E-state index contributed by atoms with van der Waals surface area (Å²) in [6.45, 7) is 7.72. The highest BCUT2D eigenvalue weighted by Gasteiger charge is 2.35. The van der Waals surface area contributed by atoms with Crippen LogP contribution >= 0.6 is 44.7 Å². The summed E-state index contributed by atoms with van der Waals surface area (Å²) in [6.07, 6.45) is 0.386. The van der Waals surface area contributed by atoms with Crippen LogP contribution in [0.25, 0.3) is 10.2 Å². The lowest BCUT2D eigenvalue weighted by molar-refractivity contribution is -0.147. The fourth-order valence-electron chi connectivity index (χ4n) is 3.45. The summed E-state index contributed by atoms with van der Waals surface area (Å²) in [5.41, 5.74) is -0.0808. The molecule has 1 aromatic heterocycles. The van der Waals surface area contributed by atoms with Crippen LogP contribution in [-0.4, -0.2) is 67.2 Å². The summed E-state index contributed by atoms with van der Waals surface area (Å²) in [5.74, 6) is -0.291. The molecule has 1 unspecified atom stereocenters. The Morgan fingerprint density at radius 3 is 2.61 bits per heavy atom. The first-order valence-corrected chi connectivity index (χ1v) is 15.2. The highest BCUT2D eigenvalue weighted by Crippen LogP contribution is 2.43. The maximum absolute atomic E-state index is 12.1. The molecule has 0 bridgehead atoms. The summed E-state index contributed by atoms with van der Waals surface area (Å²) in [7, 11) is 3.26. The maximum atomic E-state index is 12.1. The lowest BCUT2D eigenvalue weighted by atomic mass is 9.84. The summed E-state index contributed by atoms with van der Waals surface area (Å²) in [6, 6.07) is 4.30. The molecule has 1 atom stereocenters. The first kappa shape index (κ1) is 28.6. The molecular weight excluding hydrogens is 545 g/mol. The second-order valence-corrected chi connectivity index (χ2v) is 14.5. The number of aliphatic imine (C=N–C) groups is 1. The number of thiazole rings is 1. The molecule has 9 nitrogen and oxygen atoms in total. The number of fused-ring (bicyclic) bond motifs is 1. The molecule has 0 aliphatic carbocycles. The number of benzene rings is 1. The molecule has 36 heavy (non-hydrogen) atoms. The largest absolute Gasteiger partial charge is 0.513 e. The number of carboxylic acid groups (broad SMARTS) is 2. The van der Waals surface area contributed by atoms with Crippen molar-refractivity contribution in [3.63, 3.8) is 0 Å². The van der Waals surface area contributed by atoms with E-state index in [4.69, 9.17) is 14.6 Å². The van der Waals surface area contributed by atoms with Gasteiger partial charge in [0.1, 0.15) is 15.8 Å². The Morgan fingerprint density at radius 2 is 1.94 bits per heavy atom. The molecule has 1 aromatic carbocycles. The zero-order valence-corrected chi connectivity index (χ0v) is 23.6. The average Bonchev–Trinajstić information content (AvgIpc) is 3.42. The molecule has 0 spiro atoms. The highest BCUT2D eigenvalue weighted by atomic mass is 33.1. The van der Waals surface area contributed by atoms with E-state index in [1.54, 1.807) is 53.6 Å². The highest BCUT2D eigenvalue weighted by molar-refractivity contribution is 8.77. The zero-order chi connectivity index (χ0) is 26.5. The number of aromatic nitrogens is 1. The van der Waals surface area contributed by atoms with Crippen molar-refractivity contribution in [2.24, 2.45) is 10.4 Å². The quantitative estimate of drug-likeness (QED) is 0.138. The Labute approximate surface area is 225 Å². The number of rotatable bonds is 12. The van der Waals surface area contributed by atoms with Crippen LogP contribution in [0.2, 0.25) is 0 Å². The molecule has 1 aliphatic heterocycles.